The van der Waals surface area contributed by atoms with Gasteiger partial charge in [-0.3, -0.25) is 4.79 Å². The van der Waals surface area contributed by atoms with E-state index in [0.717, 1.165) is 11.5 Å². The molecule has 0 amide bonds. The fraction of sp³-hybridized carbons (Fsp3) is 0.500. The molecule has 1 aliphatic rings. The van der Waals surface area contributed by atoms with Crippen LogP contribution in [-0.2, 0) is 4.79 Å². The Morgan fingerprint density at radius 2 is 2.50 bits per heavy atom. The zero-order chi connectivity index (χ0) is 10.6. The van der Waals surface area contributed by atoms with Gasteiger partial charge < -0.3 is 0 Å². The van der Waals surface area contributed by atoms with Crippen molar-refractivity contribution >= 4 is 40.4 Å². The molecule has 78 valence electrons. The predicted molar refractivity (Wildman–Crippen MR) is 69.6 cm³/mol. The molecule has 1 unspecified atom stereocenters. The molecule has 0 aromatic carbocycles. The molecule has 1 rings (SSSR count). The summed E-state index contributed by atoms with van der Waals surface area (Å²) >= 11 is 5.11. The summed E-state index contributed by atoms with van der Waals surface area (Å²) in [6, 6.07) is 0. The molecular weight excluding hydrogens is 232 g/mol. The van der Waals surface area contributed by atoms with E-state index in [1.165, 1.54) is 16.7 Å². The molecule has 1 aliphatic heterocycles. The Morgan fingerprint density at radius 3 is 3.00 bits per heavy atom. The van der Waals surface area contributed by atoms with Crippen molar-refractivity contribution in [2.75, 3.05) is 5.08 Å². The zero-order valence-corrected chi connectivity index (χ0v) is 10.9. The lowest BCUT2D eigenvalue weighted by molar-refractivity contribution is -0.107. The molecule has 0 aliphatic carbocycles. The second-order valence-corrected chi connectivity index (χ2v) is 6.95. The van der Waals surface area contributed by atoms with E-state index in [-0.39, 0.29) is 5.12 Å². The third-order valence-electron chi connectivity index (χ3n) is 1.67. The first kappa shape index (κ1) is 12.3. The third kappa shape index (κ3) is 4.15. The van der Waals surface area contributed by atoms with E-state index in [9.17, 15) is 4.79 Å². The molecule has 0 bridgehead atoms. The Kier molecular flexibility index (Phi) is 5.20. The van der Waals surface area contributed by atoms with Crippen LogP contribution in [0.15, 0.2) is 22.5 Å². The van der Waals surface area contributed by atoms with Crippen LogP contribution in [0.2, 0.25) is 0 Å². The van der Waals surface area contributed by atoms with Crippen LogP contribution in [0.25, 0.3) is 0 Å². The number of hydrogen-bond donors (Lipinski definition) is 0. The fourth-order valence-electron chi connectivity index (χ4n) is 0.986. The molecule has 0 saturated carbocycles. The summed E-state index contributed by atoms with van der Waals surface area (Å²) in [5.74, 6) is 0. The number of rotatable bonds is 4. The third-order valence-corrected chi connectivity index (χ3v) is 5.08. The van der Waals surface area contributed by atoms with Crippen LogP contribution in [0.3, 0.4) is 0 Å². The highest BCUT2D eigenvalue weighted by atomic mass is 32.2. The van der Waals surface area contributed by atoms with E-state index >= 15 is 0 Å². The second kappa shape index (κ2) is 5.93. The number of hydrogen-bond acceptors (Lipinski definition) is 4. The summed E-state index contributed by atoms with van der Waals surface area (Å²) in [5.41, 5.74) is 0.643. The maximum Gasteiger partial charge on any atom is 0.214 e. The molecule has 1 nitrogen and oxygen atoms in total. The van der Waals surface area contributed by atoms with Crippen LogP contribution < -0.4 is 0 Å². The van der Waals surface area contributed by atoms with Gasteiger partial charge in [-0.2, -0.15) is 0 Å². The van der Waals surface area contributed by atoms with Crippen molar-refractivity contribution in [1.82, 2.24) is 0 Å². The molecule has 1 heterocycles. The van der Waals surface area contributed by atoms with Crippen molar-refractivity contribution in [1.29, 1.82) is 0 Å². The van der Waals surface area contributed by atoms with E-state index < -0.39 is 0 Å². The topological polar surface area (TPSA) is 17.1 Å². The van der Waals surface area contributed by atoms with Gasteiger partial charge in [0, 0.05) is 10.3 Å². The lowest BCUT2D eigenvalue weighted by atomic mass is 10.3. The predicted octanol–water partition coefficient (Wildman–Crippen LogP) is 3.88. The van der Waals surface area contributed by atoms with E-state index in [0.29, 0.717) is 10.8 Å². The Labute approximate surface area is 98.2 Å². The quantitative estimate of drug-likeness (QED) is 0.700. The monoisotopic (exact) mass is 246 g/mol. The van der Waals surface area contributed by atoms with Crippen LogP contribution in [0.1, 0.15) is 20.3 Å². The normalized spacial score (nSPS) is 17.7. The highest BCUT2D eigenvalue weighted by Crippen LogP contribution is 2.36. The Balaban J connectivity index is 2.31. The Bertz CT molecular complexity index is 267. The average molecular weight is 246 g/mol. The molecule has 0 saturated heterocycles. The molecule has 0 fully saturated rings. The van der Waals surface area contributed by atoms with Gasteiger partial charge in [-0.15, -0.1) is 23.5 Å². The molecule has 0 aromatic rings. The summed E-state index contributed by atoms with van der Waals surface area (Å²) in [4.78, 5) is 12.8. The van der Waals surface area contributed by atoms with Crippen LogP contribution in [0, 0.1) is 0 Å². The minimum atomic E-state index is 0.119. The maximum absolute atomic E-state index is 11.4. The Morgan fingerprint density at radius 1 is 1.79 bits per heavy atom. The molecule has 14 heavy (non-hydrogen) atoms. The summed E-state index contributed by atoms with van der Waals surface area (Å²) in [6.07, 6.45) is 1.00. The largest absolute Gasteiger partial charge is 0.282 e. The summed E-state index contributed by atoms with van der Waals surface area (Å²) in [6.45, 7) is 7.50. The molecule has 4 heteroatoms. The molecule has 0 aromatic heterocycles. The van der Waals surface area contributed by atoms with Crippen molar-refractivity contribution in [2.45, 2.75) is 25.5 Å². The van der Waals surface area contributed by atoms with Crippen molar-refractivity contribution in [3.63, 3.8) is 0 Å². The van der Waals surface area contributed by atoms with Crippen LogP contribution in [0.5, 0.6) is 0 Å². The second-order valence-electron chi connectivity index (χ2n) is 3.21. The number of thioether (sulfide) groups is 3. The van der Waals surface area contributed by atoms with Crippen LogP contribution in [0.4, 0.5) is 0 Å². The molecule has 0 radical (unpaired) electrons. The average Bonchev–Trinajstić information content (AvgIpc) is 2.56. The van der Waals surface area contributed by atoms with E-state index in [4.69, 9.17) is 0 Å². The molecular formula is C10H14OS3. The lowest BCUT2D eigenvalue weighted by Gasteiger charge is -2.09. The van der Waals surface area contributed by atoms with Crippen molar-refractivity contribution in [3.05, 3.63) is 22.5 Å². The van der Waals surface area contributed by atoms with E-state index in [1.54, 1.807) is 6.92 Å². The molecule has 0 N–H and O–H groups in total. The Hall–Kier alpha value is 0.200. The SMILES string of the molecule is C=C(C)C(=O)SC(C)CC1=CSCS1. The summed E-state index contributed by atoms with van der Waals surface area (Å²) < 4.78 is 0. The molecule has 1 atom stereocenters. The molecule has 0 spiro atoms. The van der Waals surface area contributed by atoms with Gasteiger partial charge in [-0.25, -0.2) is 0 Å². The van der Waals surface area contributed by atoms with Crippen molar-refractivity contribution in [2.24, 2.45) is 0 Å². The number of allylic oxidation sites excluding steroid dienone is 1. The minimum absolute atomic E-state index is 0.119. The number of carbonyl (C=O) groups excluding carboxylic acids is 1. The van der Waals surface area contributed by atoms with Crippen molar-refractivity contribution in [3.8, 4) is 0 Å². The minimum Gasteiger partial charge on any atom is -0.282 e. The van der Waals surface area contributed by atoms with Crippen LogP contribution in [-0.4, -0.2) is 15.5 Å². The maximum atomic E-state index is 11.4. The summed E-state index contributed by atoms with van der Waals surface area (Å²) in [5, 5.41) is 3.80. The van der Waals surface area contributed by atoms with Gasteiger partial charge in [-0.1, -0.05) is 25.3 Å². The first-order valence-corrected chi connectivity index (χ1v) is 7.31. The van der Waals surface area contributed by atoms with Gasteiger partial charge in [-0.05, 0) is 29.2 Å². The van der Waals surface area contributed by atoms with E-state index in [2.05, 4.69) is 18.9 Å². The number of carbonyl (C=O) groups is 1. The van der Waals surface area contributed by atoms with Gasteiger partial charge in [0.25, 0.3) is 0 Å². The fourth-order valence-corrected chi connectivity index (χ4v) is 4.20. The first-order chi connectivity index (χ1) is 6.59. The lowest BCUT2D eigenvalue weighted by Crippen LogP contribution is -2.03. The highest BCUT2D eigenvalue weighted by molar-refractivity contribution is 8.22. The highest BCUT2D eigenvalue weighted by Gasteiger charge is 2.14. The van der Waals surface area contributed by atoms with Gasteiger partial charge in [0.05, 0.1) is 0 Å². The summed E-state index contributed by atoms with van der Waals surface area (Å²) in [7, 11) is 0. The van der Waals surface area contributed by atoms with Gasteiger partial charge >= 0.3 is 0 Å². The van der Waals surface area contributed by atoms with Gasteiger partial charge in [0.15, 0.2) is 0 Å². The van der Waals surface area contributed by atoms with E-state index in [1.807, 2.05) is 23.5 Å². The standard InChI is InChI=1S/C10H14OS3/c1-7(2)10(11)14-8(3)4-9-5-12-6-13-9/h5,8H,1,4,6H2,2-3H3. The van der Waals surface area contributed by atoms with Gasteiger partial charge in [0.1, 0.15) is 0 Å². The van der Waals surface area contributed by atoms with Gasteiger partial charge in [0.2, 0.25) is 5.12 Å². The first-order valence-electron chi connectivity index (χ1n) is 4.39. The zero-order valence-electron chi connectivity index (χ0n) is 8.41. The van der Waals surface area contributed by atoms with Crippen LogP contribution >= 0.6 is 35.3 Å². The van der Waals surface area contributed by atoms with Crippen molar-refractivity contribution < 1.29 is 4.79 Å². The smallest absolute Gasteiger partial charge is 0.214 e.